The Balaban J connectivity index is 2.32. The van der Waals surface area contributed by atoms with Gasteiger partial charge in [-0.2, -0.15) is 5.26 Å². The fraction of sp³-hybridized carbons (Fsp3) is 0. The molecule has 0 aliphatic heterocycles. The Labute approximate surface area is 114 Å². The lowest BCUT2D eigenvalue weighted by atomic mass is 10.1. The minimum Gasteiger partial charge on any atom is -0.383 e. The molecular weight excluding hydrogens is 260 g/mol. The average molecular weight is 269 g/mol. The highest BCUT2D eigenvalue weighted by molar-refractivity contribution is 6.30. The summed E-state index contributed by atoms with van der Waals surface area (Å²) in [6.45, 7) is 0. The maximum Gasteiger partial charge on any atom is 0.139 e. The molecule has 2 N–H and O–H groups in total. The van der Waals surface area contributed by atoms with E-state index in [2.05, 4.69) is 11.1 Å². The smallest absolute Gasteiger partial charge is 0.139 e. The van der Waals surface area contributed by atoms with Crippen LogP contribution in [0.15, 0.2) is 42.6 Å². The summed E-state index contributed by atoms with van der Waals surface area (Å²) in [5.41, 5.74) is 8.66. The fourth-order valence-electron chi connectivity index (χ4n) is 2.02. The number of hydrogen-bond acceptors (Lipinski definition) is 3. The number of pyridine rings is 1. The van der Waals surface area contributed by atoms with Gasteiger partial charge in [-0.15, -0.1) is 0 Å². The van der Waals surface area contributed by atoms with Crippen LogP contribution < -0.4 is 5.73 Å². The van der Waals surface area contributed by atoms with Crippen LogP contribution in [0.5, 0.6) is 0 Å². The SMILES string of the molecule is N#Cc1ccccc1-c1nc2ccc(Cl)cn2c1N. The average Bonchev–Trinajstić information content (AvgIpc) is 2.76. The number of imidazole rings is 1. The van der Waals surface area contributed by atoms with Gasteiger partial charge in [-0.3, -0.25) is 4.40 Å². The molecule has 0 saturated heterocycles. The number of aromatic nitrogens is 2. The lowest BCUT2D eigenvalue weighted by Crippen LogP contribution is -1.94. The van der Waals surface area contributed by atoms with E-state index in [-0.39, 0.29) is 0 Å². The molecule has 92 valence electrons. The Morgan fingerprint density at radius 1 is 1.21 bits per heavy atom. The standard InChI is InChI=1S/C14H9ClN4/c15-10-5-6-12-18-13(14(17)19(12)8-10)11-4-2-1-3-9(11)7-16/h1-6,8H,17H2. The second kappa shape index (κ2) is 4.30. The molecule has 0 spiro atoms. The van der Waals surface area contributed by atoms with Gasteiger partial charge in [0.05, 0.1) is 16.7 Å². The normalized spacial score (nSPS) is 10.5. The molecule has 3 aromatic rings. The van der Waals surface area contributed by atoms with Crippen molar-refractivity contribution in [3.8, 4) is 17.3 Å². The molecule has 0 aliphatic rings. The minimum atomic E-state index is 0.472. The van der Waals surface area contributed by atoms with Crippen LogP contribution in [0.1, 0.15) is 5.56 Å². The van der Waals surface area contributed by atoms with Gasteiger partial charge in [0.2, 0.25) is 0 Å². The van der Waals surface area contributed by atoms with Crippen LogP contribution in [0.4, 0.5) is 5.82 Å². The summed E-state index contributed by atoms with van der Waals surface area (Å²) < 4.78 is 1.71. The van der Waals surface area contributed by atoms with Crippen LogP contribution in [-0.4, -0.2) is 9.38 Å². The third-order valence-corrected chi connectivity index (χ3v) is 3.15. The topological polar surface area (TPSA) is 67.1 Å². The molecule has 0 fully saturated rings. The van der Waals surface area contributed by atoms with E-state index in [1.54, 1.807) is 28.8 Å². The van der Waals surface area contributed by atoms with E-state index < -0.39 is 0 Å². The van der Waals surface area contributed by atoms with E-state index in [4.69, 9.17) is 22.6 Å². The van der Waals surface area contributed by atoms with Crippen LogP contribution in [-0.2, 0) is 0 Å². The van der Waals surface area contributed by atoms with Crippen molar-refractivity contribution in [2.75, 3.05) is 5.73 Å². The van der Waals surface area contributed by atoms with E-state index in [1.807, 2.05) is 18.2 Å². The van der Waals surface area contributed by atoms with Gasteiger partial charge in [-0.25, -0.2) is 4.98 Å². The van der Waals surface area contributed by atoms with Crippen LogP contribution in [0.3, 0.4) is 0 Å². The van der Waals surface area contributed by atoms with Gasteiger partial charge < -0.3 is 5.73 Å². The monoisotopic (exact) mass is 268 g/mol. The van der Waals surface area contributed by atoms with Crippen molar-refractivity contribution < 1.29 is 0 Å². The number of nitrogens with two attached hydrogens (primary N) is 1. The lowest BCUT2D eigenvalue weighted by molar-refractivity contribution is 1.20. The molecule has 0 radical (unpaired) electrons. The zero-order chi connectivity index (χ0) is 13.4. The van der Waals surface area contributed by atoms with Gasteiger partial charge >= 0.3 is 0 Å². The van der Waals surface area contributed by atoms with E-state index in [9.17, 15) is 0 Å². The Morgan fingerprint density at radius 2 is 2.00 bits per heavy atom. The molecule has 2 aromatic heterocycles. The first-order valence-electron chi connectivity index (χ1n) is 5.63. The Hall–Kier alpha value is -2.51. The molecule has 0 bridgehead atoms. The number of halogens is 1. The Bertz CT molecular complexity index is 814. The number of nitrogens with zero attached hydrogens (tertiary/aromatic N) is 3. The van der Waals surface area contributed by atoms with Crippen molar-refractivity contribution in [2.45, 2.75) is 0 Å². The second-order valence-corrected chi connectivity index (χ2v) is 4.51. The predicted octanol–water partition coefficient (Wildman–Crippen LogP) is 3.11. The van der Waals surface area contributed by atoms with E-state index in [1.165, 1.54) is 0 Å². The van der Waals surface area contributed by atoms with Crippen molar-refractivity contribution >= 4 is 23.1 Å². The molecule has 19 heavy (non-hydrogen) atoms. The molecule has 0 atom stereocenters. The summed E-state index contributed by atoms with van der Waals surface area (Å²) in [4.78, 5) is 4.46. The lowest BCUT2D eigenvalue weighted by Gasteiger charge is -2.01. The van der Waals surface area contributed by atoms with E-state index in [0.29, 0.717) is 27.7 Å². The quantitative estimate of drug-likeness (QED) is 0.737. The number of benzene rings is 1. The van der Waals surface area contributed by atoms with Gasteiger partial charge in [0, 0.05) is 11.8 Å². The third-order valence-electron chi connectivity index (χ3n) is 2.92. The van der Waals surface area contributed by atoms with Crippen molar-refractivity contribution in [2.24, 2.45) is 0 Å². The molecule has 0 unspecified atom stereocenters. The number of fused-ring (bicyclic) bond motifs is 1. The first-order valence-corrected chi connectivity index (χ1v) is 6.01. The maximum absolute atomic E-state index is 9.14. The molecule has 2 heterocycles. The Morgan fingerprint density at radius 3 is 2.79 bits per heavy atom. The fourth-order valence-corrected chi connectivity index (χ4v) is 2.18. The van der Waals surface area contributed by atoms with Crippen molar-refractivity contribution in [3.05, 3.63) is 53.2 Å². The number of hydrogen-bond donors (Lipinski definition) is 1. The second-order valence-electron chi connectivity index (χ2n) is 4.08. The number of rotatable bonds is 1. The van der Waals surface area contributed by atoms with Gasteiger partial charge in [-0.05, 0) is 18.2 Å². The zero-order valence-corrected chi connectivity index (χ0v) is 10.6. The molecule has 0 saturated carbocycles. The molecule has 3 rings (SSSR count). The number of anilines is 1. The number of nitriles is 1. The van der Waals surface area contributed by atoms with Crippen molar-refractivity contribution in [3.63, 3.8) is 0 Å². The van der Waals surface area contributed by atoms with Gasteiger partial charge in [0.25, 0.3) is 0 Å². The molecule has 1 aromatic carbocycles. The largest absolute Gasteiger partial charge is 0.383 e. The maximum atomic E-state index is 9.14. The highest BCUT2D eigenvalue weighted by Gasteiger charge is 2.14. The molecule has 0 amide bonds. The van der Waals surface area contributed by atoms with Crippen molar-refractivity contribution in [1.29, 1.82) is 5.26 Å². The van der Waals surface area contributed by atoms with Gasteiger partial charge in [0.1, 0.15) is 17.2 Å². The molecular formula is C14H9ClN4. The summed E-state index contributed by atoms with van der Waals surface area (Å²) in [6.07, 6.45) is 1.71. The Kier molecular flexibility index (Phi) is 2.62. The van der Waals surface area contributed by atoms with E-state index >= 15 is 0 Å². The van der Waals surface area contributed by atoms with Crippen LogP contribution >= 0.6 is 11.6 Å². The molecule has 0 aliphatic carbocycles. The summed E-state index contributed by atoms with van der Waals surface area (Å²) in [7, 11) is 0. The first kappa shape index (κ1) is 11.6. The molecule has 4 nitrogen and oxygen atoms in total. The van der Waals surface area contributed by atoms with Crippen LogP contribution in [0.2, 0.25) is 5.02 Å². The summed E-state index contributed by atoms with van der Waals surface area (Å²) >= 11 is 5.95. The summed E-state index contributed by atoms with van der Waals surface area (Å²) in [5.74, 6) is 0.472. The predicted molar refractivity (Wildman–Crippen MR) is 74.8 cm³/mol. The van der Waals surface area contributed by atoms with Crippen LogP contribution in [0, 0.1) is 11.3 Å². The summed E-state index contributed by atoms with van der Waals surface area (Å²) in [5, 5.41) is 9.72. The zero-order valence-electron chi connectivity index (χ0n) is 9.84. The molecule has 5 heteroatoms. The third kappa shape index (κ3) is 1.81. The van der Waals surface area contributed by atoms with Gasteiger partial charge in [0.15, 0.2) is 0 Å². The summed E-state index contributed by atoms with van der Waals surface area (Å²) in [6, 6.07) is 12.9. The first-order chi connectivity index (χ1) is 9.20. The van der Waals surface area contributed by atoms with Gasteiger partial charge in [-0.1, -0.05) is 29.8 Å². The van der Waals surface area contributed by atoms with Crippen molar-refractivity contribution in [1.82, 2.24) is 9.38 Å². The highest BCUT2D eigenvalue weighted by Crippen LogP contribution is 2.29. The van der Waals surface area contributed by atoms with E-state index in [0.717, 1.165) is 5.56 Å². The van der Waals surface area contributed by atoms with Crippen LogP contribution in [0.25, 0.3) is 16.9 Å². The number of nitrogen functional groups attached to an aromatic ring is 1. The minimum absolute atomic E-state index is 0.472. The highest BCUT2D eigenvalue weighted by atomic mass is 35.5.